The summed E-state index contributed by atoms with van der Waals surface area (Å²) in [5.74, 6) is 0. The summed E-state index contributed by atoms with van der Waals surface area (Å²) in [6.45, 7) is 2.22. The Hall–Kier alpha value is -0.870. The lowest BCUT2D eigenvalue weighted by molar-refractivity contribution is 0.554. The average molecular weight is 237 g/mol. The van der Waals surface area contributed by atoms with Gasteiger partial charge in [0.2, 0.25) is 0 Å². The van der Waals surface area contributed by atoms with E-state index in [1.807, 2.05) is 11.6 Å². The van der Waals surface area contributed by atoms with Crippen molar-refractivity contribution in [2.75, 3.05) is 0 Å². The van der Waals surface area contributed by atoms with Gasteiger partial charge in [0.1, 0.15) is 0 Å². The van der Waals surface area contributed by atoms with Crippen molar-refractivity contribution in [2.45, 2.75) is 45.1 Å². The van der Waals surface area contributed by atoms with Crippen molar-refractivity contribution in [3.63, 3.8) is 0 Å². The number of thiazole rings is 1. The Labute approximate surface area is 100 Å². The van der Waals surface area contributed by atoms with Crippen LogP contribution in [0.3, 0.4) is 0 Å². The van der Waals surface area contributed by atoms with Crippen LogP contribution in [0.4, 0.5) is 0 Å². The molecule has 0 spiro atoms. The van der Waals surface area contributed by atoms with Crippen LogP contribution in [0, 0.1) is 0 Å². The van der Waals surface area contributed by atoms with Crippen LogP contribution < -0.4 is 5.73 Å². The van der Waals surface area contributed by atoms with Crippen LogP contribution in [0.1, 0.15) is 38.3 Å². The summed E-state index contributed by atoms with van der Waals surface area (Å²) < 4.78 is 2.07. The summed E-state index contributed by atoms with van der Waals surface area (Å²) in [5, 5.41) is 2.05. The number of hydrogen-bond donors (Lipinski definition) is 1. The summed E-state index contributed by atoms with van der Waals surface area (Å²) in [4.78, 5) is 5.61. The van der Waals surface area contributed by atoms with Crippen LogP contribution in [0.2, 0.25) is 0 Å². The zero-order valence-electron chi connectivity index (χ0n) is 9.72. The molecule has 0 fully saturated rings. The molecule has 2 heterocycles. The number of aromatic nitrogens is 2. The Morgan fingerprint density at radius 3 is 3.12 bits per heavy atom. The maximum Gasteiger partial charge on any atom is 0.193 e. The van der Waals surface area contributed by atoms with Gasteiger partial charge >= 0.3 is 0 Å². The van der Waals surface area contributed by atoms with E-state index in [1.165, 1.54) is 19.3 Å². The highest BCUT2D eigenvalue weighted by Crippen LogP contribution is 2.13. The van der Waals surface area contributed by atoms with Gasteiger partial charge in [-0.1, -0.05) is 26.2 Å². The average Bonchev–Trinajstić information content (AvgIpc) is 2.78. The number of nitrogens with zero attached hydrogens (tertiary/aromatic N) is 2. The minimum absolute atomic E-state index is 0.260. The fraction of sp³-hybridized carbons (Fsp3) is 0.583. The van der Waals surface area contributed by atoms with Gasteiger partial charge in [0, 0.05) is 30.2 Å². The van der Waals surface area contributed by atoms with Crippen molar-refractivity contribution >= 4 is 16.3 Å². The Balaban J connectivity index is 1.86. The van der Waals surface area contributed by atoms with E-state index in [4.69, 9.17) is 5.73 Å². The Kier molecular flexibility index (Phi) is 3.96. The minimum Gasteiger partial charge on any atom is -0.327 e. The van der Waals surface area contributed by atoms with Crippen molar-refractivity contribution in [2.24, 2.45) is 5.73 Å². The van der Waals surface area contributed by atoms with Crippen LogP contribution in [0.5, 0.6) is 0 Å². The molecule has 16 heavy (non-hydrogen) atoms. The SMILES string of the molecule is CCCCCC(N)Cc1cn2ccsc2n1. The maximum absolute atomic E-state index is 6.09. The van der Waals surface area contributed by atoms with Crippen molar-refractivity contribution in [1.29, 1.82) is 0 Å². The molecule has 0 aliphatic rings. The van der Waals surface area contributed by atoms with E-state index >= 15 is 0 Å². The molecule has 0 saturated carbocycles. The highest BCUT2D eigenvalue weighted by atomic mass is 32.1. The normalized spacial score (nSPS) is 13.4. The molecule has 0 aliphatic carbocycles. The van der Waals surface area contributed by atoms with E-state index in [0.29, 0.717) is 0 Å². The molecule has 2 aromatic rings. The summed E-state index contributed by atoms with van der Waals surface area (Å²) in [7, 11) is 0. The molecule has 2 rings (SSSR count). The standard InChI is InChI=1S/C12H19N3S/c1-2-3-4-5-10(13)8-11-9-15-6-7-16-12(15)14-11/h6-7,9-10H,2-5,8,13H2,1H3. The molecule has 1 unspecified atom stereocenters. The highest BCUT2D eigenvalue weighted by Gasteiger charge is 2.07. The predicted octanol–water partition coefficient (Wildman–Crippen LogP) is 2.85. The van der Waals surface area contributed by atoms with Crippen LogP contribution in [0.25, 0.3) is 4.96 Å². The zero-order chi connectivity index (χ0) is 11.4. The summed E-state index contributed by atoms with van der Waals surface area (Å²) in [6, 6.07) is 0.260. The van der Waals surface area contributed by atoms with Gasteiger partial charge in [0.05, 0.1) is 5.69 Å². The molecule has 4 heteroatoms. The fourth-order valence-corrected chi connectivity index (χ4v) is 2.62. The number of rotatable bonds is 6. The Morgan fingerprint density at radius 1 is 1.50 bits per heavy atom. The van der Waals surface area contributed by atoms with Gasteiger partial charge in [0.25, 0.3) is 0 Å². The van der Waals surface area contributed by atoms with E-state index in [2.05, 4.69) is 22.5 Å². The summed E-state index contributed by atoms with van der Waals surface area (Å²) >= 11 is 1.67. The summed E-state index contributed by atoms with van der Waals surface area (Å²) in [6.07, 6.45) is 9.92. The molecule has 0 saturated heterocycles. The topological polar surface area (TPSA) is 43.3 Å². The van der Waals surface area contributed by atoms with Gasteiger partial charge < -0.3 is 5.73 Å². The monoisotopic (exact) mass is 237 g/mol. The third kappa shape index (κ3) is 2.83. The smallest absolute Gasteiger partial charge is 0.193 e. The van der Waals surface area contributed by atoms with Gasteiger partial charge in [-0.3, -0.25) is 4.40 Å². The molecular weight excluding hydrogens is 218 g/mol. The van der Waals surface area contributed by atoms with Crippen molar-refractivity contribution in [3.05, 3.63) is 23.5 Å². The summed E-state index contributed by atoms with van der Waals surface area (Å²) in [5.41, 5.74) is 7.21. The number of unbranched alkanes of at least 4 members (excludes halogenated alkanes) is 2. The number of nitrogens with two attached hydrogens (primary N) is 1. The van der Waals surface area contributed by atoms with Crippen LogP contribution in [-0.2, 0) is 6.42 Å². The fourth-order valence-electron chi connectivity index (χ4n) is 1.90. The minimum atomic E-state index is 0.260. The molecular formula is C12H19N3S. The van der Waals surface area contributed by atoms with E-state index < -0.39 is 0 Å². The van der Waals surface area contributed by atoms with Crippen LogP contribution >= 0.6 is 11.3 Å². The molecule has 0 bridgehead atoms. The predicted molar refractivity (Wildman–Crippen MR) is 68.9 cm³/mol. The van der Waals surface area contributed by atoms with E-state index in [9.17, 15) is 0 Å². The third-order valence-corrected chi connectivity index (χ3v) is 3.56. The second kappa shape index (κ2) is 5.46. The highest BCUT2D eigenvalue weighted by molar-refractivity contribution is 7.15. The van der Waals surface area contributed by atoms with Gasteiger partial charge in [-0.25, -0.2) is 4.98 Å². The molecule has 0 aromatic carbocycles. The second-order valence-electron chi connectivity index (χ2n) is 4.29. The zero-order valence-corrected chi connectivity index (χ0v) is 10.5. The molecule has 0 amide bonds. The number of hydrogen-bond acceptors (Lipinski definition) is 3. The Bertz CT molecular complexity index is 404. The first-order chi connectivity index (χ1) is 7.79. The van der Waals surface area contributed by atoms with Crippen molar-refractivity contribution < 1.29 is 0 Å². The maximum atomic E-state index is 6.09. The molecule has 2 N–H and O–H groups in total. The van der Waals surface area contributed by atoms with Crippen LogP contribution in [0.15, 0.2) is 17.8 Å². The van der Waals surface area contributed by atoms with Gasteiger partial charge in [0.15, 0.2) is 4.96 Å². The van der Waals surface area contributed by atoms with E-state index in [0.717, 1.165) is 23.5 Å². The van der Waals surface area contributed by atoms with Gasteiger partial charge in [-0.2, -0.15) is 0 Å². The lowest BCUT2D eigenvalue weighted by Gasteiger charge is -2.08. The first-order valence-corrected chi connectivity index (χ1v) is 6.84. The largest absolute Gasteiger partial charge is 0.327 e. The number of imidazole rings is 1. The first kappa shape index (κ1) is 11.6. The third-order valence-electron chi connectivity index (χ3n) is 2.79. The Morgan fingerprint density at radius 2 is 2.38 bits per heavy atom. The second-order valence-corrected chi connectivity index (χ2v) is 5.16. The molecule has 3 nitrogen and oxygen atoms in total. The molecule has 0 radical (unpaired) electrons. The molecule has 2 aromatic heterocycles. The molecule has 0 aliphatic heterocycles. The molecule has 1 atom stereocenters. The first-order valence-electron chi connectivity index (χ1n) is 5.96. The lowest BCUT2D eigenvalue weighted by Crippen LogP contribution is -2.22. The van der Waals surface area contributed by atoms with Crippen molar-refractivity contribution in [1.82, 2.24) is 9.38 Å². The van der Waals surface area contributed by atoms with Crippen LogP contribution in [-0.4, -0.2) is 15.4 Å². The molecule has 88 valence electrons. The van der Waals surface area contributed by atoms with Gasteiger partial charge in [-0.15, -0.1) is 11.3 Å². The van der Waals surface area contributed by atoms with Crippen molar-refractivity contribution in [3.8, 4) is 0 Å². The number of fused-ring (bicyclic) bond motifs is 1. The van der Waals surface area contributed by atoms with E-state index in [-0.39, 0.29) is 6.04 Å². The quantitative estimate of drug-likeness (QED) is 0.785. The van der Waals surface area contributed by atoms with Gasteiger partial charge in [-0.05, 0) is 6.42 Å². The van der Waals surface area contributed by atoms with E-state index in [1.54, 1.807) is 11.3 Å². The lowest BCUT2D eigenvalue weighted by atomic mass is 10.1.